The molecular weight excluding hydrogens is 396 g/mol. The molecule has 0 saturated heterocycles. The smallest absolute Gasteiger partial charge is 0.184 e. The molecule has 6 rings (SSSR count). The molecule has 0 fully saturated rings. The molecule has 148 valence electrons. The van der Waals surface area contributed by atoms with Gasteiger partial charge >= 0.3 is 0 Å². The van der Waals surface area contributed by atoms with Crippen molar-refractivity contribution in [3.05, 3.63) is 78.0 Å². The minimum absolute atomic E-state index is 0.127. The lowest BCUT2D eigenvalue weighted by Gasteiger charge is -2.16. The van der Waals surface area contributed by atoms with Crippen LogP contribution in [0.5, 0.6) is 0 Å². The highest BCUT2D eigenvalue weighted by molar-refractivity contribution is 7.22. The number of nitrogens with zero attached hydrogens (tertiary/aromatic N) is 5. The summed E-state index contributed by atoms with van der Waals surface area (Å²) in [6, 6.07) is 14.3. The lowest BCUT2D eigenvalue weighted by atomic mass is 10.1. The SMILES string of the molecule is OC1Cc2ccccc2[C@H]1Nc1nc2ccc(Cn3cnc4cncnc43)cc2s1. The third-order valence-corrected chi connectivity index (χ3v) is 6.52. The maximum Gasteiger partial charge on any atom is 0.184 e. The molecule has 0 amide bonds. The molecule has 0 radical (unpaired) electrons. The van der Waals surface area contributed by atoms with Crippen LogP contribution in [0.15, 0.2) is 61.3 Å². The predicted molar refractivity (Wildman–Crippen MR) is 117 cm³/mol. The van der Waals surface area contributed by atoms with E-state index in [9.17, 15) is 5.11 Å². The first-order chi connectivity index (χ1) is 14.7. The Morgan fingerprint density at radius 1 is 1.13 bits per heavy atom. The number of rotatable bonds is 4. The molecule has 3 heterocycles. The lowest BCUT2D eigenvalue weighted by Crippen LogP contribution is -2.20. The van der Waals surface area contributed by atoms with E-state index in [0.29, 0.717) is 13.0 Å². The molecule has 8 heteroatoms. The topological polar surface area (TPSA) is 88.8 Å². The van der Waals surface area contributed by atoms with Gasteiger partial charge in [-0.3, -0.25) is 0 Å². The lowest BCUT2D eigenvalue weighted by molar-refractivity contribution is 0.166. The van der Waals surface area contributed by atoms with Gasteiger partial charge in [0.05, 0.1) is 41.4 Å². The highest BCUT2D eigenvalue weighted by Gasteiger charge is 2.31. The van der Waals surface area contributed by atoms with Crippen LogP contribution in [-0.2, 0) is 13.0 Å². The van der Waals surface area contributed by atoms with Crippen LogP contribution < -0.4 is 5.32 Å². The van der Waals surface area contributed by atoms with Crippen molar-refractivity contribution in [1.29, 1.82) is 0 Å². The van der Waals surface area contributed by atoms with Gasteiger partial charge in [-0.2, -0.15) is 0 Å². The Bertz CT molecular complexity index is 1380. The second kappa shape index (κ2) is 6.86. The summed E-state index contributed by atoms with van der Waals surface area (Å²) in [5.74, 6) is 0. The molecule has 0 bridgehead atoms. The monoisotopic (exact) mass is 414 g/mol. The van der Waals surface area contributed by atoms with Crippen molar-refractivity contribution >= 4 is 37.8 Å². The van der Waals surface area contributed by atoms with Crippen LogP contribution in [0.2, 0.25) is 0 Å². The number of anilines is 1. The highest BCUT2D eigenvalue weighted by atomic mass is 32.1. The van der Waals surface area contributed by atoms with Crippen LogP contribution in [0.25, 0.3) is 21.4 Å². The van der Waals surface area contributed by atoms with Gasteiger partial charge < -0.3 is 15.0 Å². The second-order valence-electron chi connectivity index (χ2n) is 7.52. The van der Waals surface area contributed by atoms with Gasteiger partial charge in [0.15, 0.2) is 10.8 Å². The zero-order valence-corrected chi connectivity index (χ0v) is 16.8. The minimum Gasteiger partial charge on any atom is -0.390 e. The maximum atomic E-state index is 10.5. The van der Waals surface area contributed by atoms with Gasteiger partial charge in [0, 0.05) is 6.42 Å². The third-order valence-electron chi connectivity index (χ3n) is 5.57. The number of hydrogen-bond donors (Lipinski definition) is 2. The summed E-state index contributed by atoms with van der Waals surface area (Å²) >= 11 is 1.61. The molecule has 2 aromatic carbocycles. The largest absolute Gasteiger partial charge is 0.390 e. The summed E-state index contributed by atoms with van der Waals surface area (Å²) in [5.41, 5.74) is 6.07. The fourth-order valence-corrected chi connectivity index (χ4v) is 5.10. The van der Waals surface area contributed by atoms with Gasteiger partial charge in [-0.15, -0.1) is 0 Å². The van der Waals surface area contributed by atoms with Crippen LogP contribution in [0, 0.1) is 0 Å². The molecule has 2 N–H and O–H groups in total. The van der Waals surface area contributed by atoms with E-state index >= 15 is 0 Å². The van der Waals surface area contributed by atoms with E-state index in [4.69, 9.17) is 4.98 Å². The molecule has 3 aromatic heterocycles. The highest BCUT2D eigenvalue weighted by Crippen LogP contribution is 2.36. The summed E-state index contributed by atoms with van der Waals surface area (Å²) in [6.45, 7) is 0.679. The minimum atomic E-state index is -0.443. The standard InChI is InChI=1S/C22H18N6OS/c29-18-8-14-3-1-2-4-15(14)20(18)27-22-26-16-6-5-13(7-19(16)30-22)10-28-12-25-17-9-23-11-24-21(17)28/h1-7,9,11-12,18,20,29H,8,10H2,(H,26,27)/t18?,20-/m1/s1. The van der Waals surface area contributed by atoms with E-state index < -0.39 is 6.10 Å². The molecule has 5 aromatic rings. The van der Waals surface area contributed by atoms with E-state index in [1.165, 1.54) is 5.56 Å². The van der Waals surface area contributed by atoms with E-state index in [-0.39, 0.29) is 6.04 Å². The number of hydrogen-bond acceptors (Lipinski definition) is 7. The van der Waals surface area contributed by atoms with Gasteiger partial charge in [0.2, 0.25) is 0 Å². The number of aromatic nitrogens is 5. The molecule has 0 spiro atoms. The number of nitrogens with one attached hydrogen (secondary N) is 1. The Morgan fingerprint density at radius 2 is 2.07 bits per heavy atom. The molecule has 0 aliphatic heterocycles. The quantitative estimate of drug-likeness (QED) is 0.468. The number of fused-ring (bicyclic) bond motifs is 3. The van der Waals surface area contributed by atoms with E-state index in [0.717, 1.165) is 37.6 Å². The van der Waals surface area contributed by atoms with E-state index in [2.05, 4.69) is 44.5 Å². The zero-order valence-electron chi connectivity index (χ0n) is 15.9. The Morgan fingerprint density at radius 3 is 3.03 bits per heavy atom. The van der Waals surface area contributed by atoms with Gasteiger partial charge in [-0.25, -0.2) is 19.9 Å². The first-order valence-electron chi connectivity index (χ1n) is 9.77. The van der Waals surface area contributed by atoms with Crippen molar-refractivity contribution in [3.63, 3.8) is 0 Å². The fourth-order valence-electron chi connectivity index (χ4n) is 4.14. The van der Waals surface area contributed by atoms with E-state index in [1.807, 2.05) is 22.8 Å². The summed E-state index contributed by atoms with van der Waals surface area (Å²) in [7, 11) is 0. The summed E-state index contributed by atoms with van der Waals surface area (Å²) < 4.78 is 3.12. The first kappa shape index (κ1) is 17.5. The molecule has 1 aliphatic rings. The fraction of sp³-hybridized carbons (Fsp3) is 0.182. The van der Waals surface area contributed by atoms with Gasteiger partial charge in [0.1, 0.15) is 11.8 Å². The van der Waals surface area contributed by atoms with Crippen LogP contribution in [0.1, 0.15) is 22.7 Å². The molecule has 1 unspecified atom stereocenters. The average molecular weight is 414 g/mol. The van der Waals surface area contributed by atoms with Crippen LogP contribution >= 0.6 is 11.3 Å². The Balaban J connectivity index is 1.28. The molecule has 7 nitrogen and oxygen atoms in total. The van der Waals surface area contributed by atoms with Crippen molar-refractivity contribution < 1.29 is 5.11 Å². The number of thiazole rings is 1. The number of aliphatic hydroxyl groups is 1. The predicted octanol–water partition coefficient (Wildman–Crippen LogP) is 3.55. The van der Waals surface area contributed by atoms with Crippen LogP contribution in [-0.4, -0.2) is 35.7 Å². The molecular formula is C22H18N6OS. The van der Waals surface area contributed by atoms with Crippen molar-refractivity contribution in [2.24, 2.45) is 0 Å². The molecule has 1 aliphatic carbocycles. The van der Waals surface area contributed by atoms with Crippen molar-refractivity contribution in [2.45, 2.75) is 25.1 Å². The van der Waals surface area contributed by atoms with Crippen molar-refractivity contribution in [2.75, 3.05) is 5.32 Å². The third kappa shape index (κ3) is 2.92. The number of imidazole rings is 1. The Kier molecular flexibility index (Phi) is 4.00. The first-order valence-corrected chi connectivity index (χ1v) is 10.6. The Hall–Kier alpha value is -3.36. The maximum absolute atomic E-state index is 10.5. The molecule has 30 heavy (non-hydrogen) atoms. The second-order valence-corrected chi connectivity index (χ2v) is 8.55. The van der Waals surface area contributed by atoms with Crippen LogP contribution in [0.3, 0.4) is 0 Å². The summed E-state index contributed by atoms with van der Waals surface area (Å²) in [5, 5.41) is 14.8. The number of benzene rings is 2. The van der Waals surface area contributed by atoms with Gasteiger partial charge in [-0.05, 0) is 28.8 Å². The summed E-state index contributed by atoms with van der Waals surface area (Å²) in [6.07, 6.45) is 5.29. The molecule has 0 saturated carbocycles. The Labute approximate surface area is 176 Å². The van der Waals surface area contributed by atoms with Gasteiger partial charge in [-0.1, -0.05) is 41.7 Å². The van der Waals surface area contributed by atoms with Crippen LogP contribution in [0.4, 0.5) is 5.13 Å². The van der Waals surface area contributed by atoms with Gasteiger partial charge in [0.25, 0.3) is 0 Å². The number of aliphatic hydroxyl groups excluding tert-OH is 1. The zero-order chi connectivity index (χ0) is 20.1. The van der Waals surface area contributed by atoms with Crippen molar-refractivity contribution in [3.8, 4) is 0 Å². The van der Waals surface area contributed by atoms with E-state index in [1.54, 1.807) is 30.2 Å². The van der Waals surface area contributed by atoms with Crippen molar-refractivity contribution in [1.82, 2.24) is 24.5 Å². The molecule has 2 atom stereocenters. The average Bonchev–Trinajstić information content (AvgIpc) is 3.44. The summed E-state index contributed by atoms with van der Waals surface area (Å²) in [4.78, 5) is 17.4. The normalized spacial score (nSPS) is 18.2.